The van der Waals surface area contributed by atoms with Crippen LogP contribution in [0, 0.1) is 0 Å². The number of benzene rings is 3. The van der Waals surface area contributed by atoms with Crippen LogP contribution in [0.4, 0.5) is 18.9 Å². The zero-order valence-corrected chi connectivity index (χ0v) is 18.0. The summed E-state index contributed by atoms with van der Waals surface area (Å²) in [5.41, 5.74) is 0.774. The number of nitrogens with one attached hydrogen (secondary N) is 1. The minimum atomic E-state index is -4.44. The molecule has 0 aliphatic carbocycles. The fraction of sp³-hybridized carbons (Fsp3) is 0.130. The van der Waals surface area contributed by atoms with Crippen LogP contribution in [0.3, 0.4) is 0 Å². The quantitative estimate of drug-likeness (QED) is 0.443. The Morgan fingerprint density at radius 1 is 0.941 bits per heavy atom. The highest BCUT2D eigenvalue weighted by atomic mass is 19.4. The van der Waals surface area contributed by atoms with Crippen molar-refractivity contribution in [2.24, 2.45) is 0 Å². The highest BCUT2D eigenvalue weighted by Crippen LogP contribution is 2.31. The van der Waals surface area contributed by atoms with Gasteiger partial charge in [0.05, 0.1) is 31.2 Å². The van der Waals surface area contributed by atoms with E-state index in [0.29, 0.717) is 34.0 Å². The molecule has 1 amide bonds. The van der Waals surface area contributed by atoms with Crippen molar-refractivity contribution >= 4 is 11.6 Å². The Balaban J connectivity index is 1.59. The molecular formula is C23H18F3N5O3. The fourth-order valence-electron chi connectivity index (χ4n) is 3.17. The molecule has 4 rings (SSSR count). The number of anilines is 1. The summed E-state index contributed by atoms with van der Waals surface area (Å²) < 4.78 is 48.8. The average Bonchev–Trinajstić information content (AvgIpc) is 3.33. The number of rotatable bonds is 6. The molecule has 0 aliphatic heterocycles. The maximum Gasteiger partial charge on any atom is 0.416 e. The van der Waals surface area contributed by atoms with Crippen LogP contribution in [0.1, 0.15) is 15.9 Å². The van der Waals surface area contributed by atoms with E-state index in [2.05, 4.69) is 20.7 Å². The number of hydrogen-bond acceptors (Lipinski definition) is 6. The van der Waals surface area contributed by atoms with Gasteiger partial charge in [-0.3, -0.25) is 4.79 Å². The Bertz CT molecular complexity index is 1320. The second kappa shape index (κ2) is 9.22. The largest absolute Gasteiger partial charge is 0.493 e. The summed E-state index contributed by atoms with van der Waals surface area (Å²) in [5.74, 6) is 0.680. The fourth-order valence-corrected chi connectivity index (χ4v) is 3.17. The number of tetrazole rings is 1. The zero-order chi connectivity index (χ0) is 24.3. The van der Waals surface area contributed by atoms with Crippen molar-refractivity contribution in [3.8, 4) is 28.6 Å². The van der Waals surface area contributed by atoms with Crippen molar-refractivity contribution in [3.63, 3.8) is 0 Å². The van der Waals surface area contributed by atoms with Gasteiger partial charge in [-0.2, -0.15) is 13.2 Å². The zero-order valence-electron chi connectivity index (χ0n) is 18.0. The van der Waals surface area contributed by atoms with Crippen LogP contribution in [0.5, 0.6) is 11.5 Å². The second-order valence-corrected chi connectivity index (χ2v) is 7.02. The number of halogens is 3. The van der Waals surface area contributed by atoms with Gasteiger partial charge in [-0.15, -0.1) is 15.0 Å². The van der Waals surface area contributed by atoms with E-state index in [-0.39, 0.29) is 5.82 Å². The SMILES string of the molecule is COc1ccc(C(=O)Nc2ccccc2-c2nnn(-c3ccc(C(F)(F)F)cc3)n2)cc1OC. The van der Waals surface area contributed by atoms with Crippen LogP contribution < -0.4 is 14.8 Å². The maximum atomic E-state index is 12.8. The Morgan fingerprint density at radius 2 is 1.65 bits per heavy atom. The van der Waals surface area contributed by atoms with E-state index in [1.807, 2.05) is 0 Å². The van der Waals surface area contributed by atoms with Crippen LogP contribution in [0.25, 0.3) is 17.1 Å². The Kier molecular flexibility index (Phi) is 6.17. The number of alkyl halides is 3. The van der Waals surface area contributed by atoms with E-state index in [1.165, 1.54) is 26.4 Å². The number of nitrogens with zero attached hydrogens (tertiary/aromatic N) is 4. The predicted octanol–water partition coefficient (Wildman–Crippen LogP) is 4.62. The molecule has 4 aromatic rings. The lowest BCUT2D eigenvalue weighted by Gasteiger charge is -2.11. The van der Waals surface area contributed by atoms with Gasteiger partial charge in [0.25, 0.3) is 5.91 Å². The number of hydrogen-bond donors (Lipinski definition) is 1. The Morgan fingerprint density at radius 3 is 2.32 bits per heavy atom. The van der Waals surface area contributed by atoms with Crippen LogP contribution in [0.2, 0.25) is 0 Å². The average molecular weight is 469 g/mol. The molecule has 8 nitrogen and oxygen atoms in total. The number of ether oxygens (including phenoxy) is 2. The highest BCUT2D eigenvalue weighted by Gasteiger charge is 2.30. The van der Waals surface area contributed by atoms with Crippen LogP contribution in [0.15, 0.2) is 66.7 Å². The third-order valence-corrected chi connectivity index (χ3v) is 4.90. The Hall–Kier alpha value is -4.41. The molecule has 0 spiro atoms. The van der Waals surface area contributed by atoms with Crippen molar-refractivity contribution in [2.45, 2.75) is 6.18 Å². The molecule has 0 unspecified atom stereocenters. The summed E-state index contributed by atoms with van der Waals surface area (Å²) in [5, 5.41) is 15.0. The van der Waals surface area contributed by atoms with Gasteiger partial charge < -0.3 is 14.8 Å². The number of carbonyl (C=O) groups is 1. The number of para-hydroxylation sites is 1. The van der Waals surface area contributed by atoms with E-state index in [4.69, 9.17) is 9.47 Å². The van der Waals surface area contributed by atoms with Crippen LogP contribution >= 0.6 is 0 Å². The number of carbonyl (C=O) groups excluding carboxylic acids is 1. The summed E-state index contributed by atoms with van der Waals surface area (Å²) >= 11 is 0. The van der Waals surface area contributed by atoms with Gasteiger partial charge in [0.2, 0.25) is 5.82 Å². The first-order valence-corrected chi connectivity index (χ1v) is 9.90. The van der Waals surface area contributed by atoms with Gasteiger partial charge in [-0.1, -0.05) is 12.1 Å². The monoisotopic (exact) mass is 469 g/mol. The summed E-state index contributed by atoms with van der Waals surface area (Å²) in [6.07, 6.45) is -4.44. The Labute approximate surface area is 191 Å². The van der Waals surface area contributed by atoms with E-state index < -0.39 is 17.6 Å². The molecule has 0 atom stereocenters. The molecule has 34 heavy (non-hydrogen) atoms. The van der Waals surface area contributed by atoms with E-state index in [1.54, 1.807) is 42.5 Å². The van der Waals surface area contributed by atoms with Crippen molar-refractivity contribution < 1.29 is 27.4 Å². The first-order valence-electron chi connectivity index (χ1n) is 9.90. The summed E-state index contributed by atoms with van der Waals surface area (Å²) in [4.78, 5) is 14.0. The van der Waals surface area contributed by atoms with Crippen LogP contribution in [-0.4, -0.2) is 40.3 Å². The van der Waals surface area contributed by atoms with Gasteiger partial charge in [-0.05, 0) is 59.8 Å². The molecule has 174 valence electrons. The third-order valence-electron chi connectivity index (χ3n) is 4.90. The lowest BCUT2D eigenvalue weighted by molar-refractivity contribution is -0.137. The molecule has 0 bridgehead atoms. The van der Waals surface area contributed by atoms with E-state index >= 15 is 0 Å². The van der Waals surface area contributed by atoms with Gasteiger partial charge in [0.1, 0.15) is 0 Å². The molecule has 0 saturated heterocycles. The normalized spacial score (nSPS) is 11.2. The maximum absolute atomic E-state index is 12.8. The minimum Gasteiger partial charge on any atom is -0.493 e. The van der Waals surface area contributed by atoms with Gasteiger partial charge in [0, 0.05) is 11.1 Å². The lowest BCUT2D eigenvalue weighted by Crippen LogP contribution is -2.13. The van der Waals surface area contributed by atoms with E-state index in [0.717, 1.165) is 16.9 Å². The standard InChI is InChI=1S/C23H18F3N5O3/c1-33-19-12-7-14(13-20(19)34-2)22(32)27-18-6-4-3-5-17(18)21-28-30-31(29-21)16-10-8-15(9-11-16)23(24,25)26/h3-13H,1-2H3,(H,27,32). The molecule has 1 heterocycles. The van der Waals surface area contributed by atoms with Crippen molar-refractivity contribution in [1.82, 2.24) is 20.2 Å². The molecule has 0 aliphatic rings. The van der Waals surface area contributed by atoms with E-state index in [9.17, 15) is 18.0 Å². The molecule has 3 aromatic carbocycles. The summed E-state index contributed by atoms with van der Waals surface area (Å²) in [6, 6.07) is 16.0. The first kappa shape index (κ1) is 22.8. The lowest BCUT2D eigenvalue weighted by atomic mass is 10.1. The predicted molar refractivity (Wildman–Crippen MR) is 117 cm³/mol. The van der Waals surface area contributed by atoms with Gasteiger partial charge >= 0.3 is 6.18 Å². The van der Waals surface area contributed by atoms with Crippen molar-refractivity contribution in [2.75, 3.05) is 19.5 Å². The second-order valence-electron chi connectivity index (χ2n) is 7.02. The topological polar surface area (TPSA) is 91.2 Å². The number of aromatic nitrogens is 4. The molecule has 1 aromatic heterocycles. The minimum absolute atomic E-state index is 0.183. The van der Waals surface area contributed by atoms with Crippen molar-refractivity contribution in [3.05, 3.63) is 77.9 Å². The van der Waals surface area contributed by atoms with Gasteiger partial charge in [-0.25, -0.2) is 0 Å². The van der Waals surface area contributed by atoms with Crippen molar-refractivity contribution in [1.29, 1.82) is 0 Å². The summed E-state index contributed by atoms with van der Waals surface area (Å²) in [7, 11) is 2.97. The molecule has 0 radical (unpaired) electrons. The molecule has 0 fully saturated rings. The summed E-state index contributed by atoms with van der Waals surface area (Å²) in [6.45, 7) is 0. The molecule has 1 N–H and O–H groups in total. The van der Waals surface area contributed by atoms with Crippen LogP contribution in [-0.2, 0) is 6.18 Å². The smallest absolute Gasteiger partial charge is 0.416 e. The molecule has 11 heteroatoms. The number of methoxy groups -OCH3 is 2. The highest BCUT2D eigenvalue weighted by molar-refractivity contribution is 6.06. The van der Waals surface area contributed by atoms with Gasteiger partial charge in [0.15, 0.2) is 11.5 Å². The first-order chi connectivity index (χ1) is 16.3. The molecule has 0 saturated carbocycles. The molecular weight excluding hydrogens is 451 g/mol. The number of amides is 1. The third kappa shape index (κ3) is 4.68.